The van der Waals surface area contributed by atoms with Crippen molar-refractivity contribution in [2.24, 2.45) is 11.1 Å². The third-order valence-electron chi connectivity index (χ3n) is 2.95. The molecule has 0 aliphatic heterocycles. The van der Waals surface area contributed by atoms with Crippen LogP contribution in [0, 0.1) is 17.3 Å². The second-order valence-electron chi connectivity index (χ2n) is 4.70. The predicted octanol–water partition coefficient (Wildman–Crippen LogP) is 1.59. The maximum absolute atomic E-state index is 11.8. The van der Waals surface area contributed by atoms with Gasteiger partial charge in [-0.1, -0.05) is 18.8 Å². The van der Waals surface area contributed by atoms with Gasteiger partial charge < -0.3 is 11.1 Å². The standard InChI is InChI=1S/C13H16N2OS/c1-13(4-5-13)9-15-12(16)10-7-11(17-8-10)3-2-6-14/h7-8H,4-6,9,14H2,1H3,(H,15,16). The van der Waals surface area contributed by atoms with Crippen LogP contribution in [0.5, 0.6) is 0 Å². The van der Waals surface area contributed by atoms with Crippen LogP contribution >= 0.6 is 11.3 Å². The molecule has 3 nitrogen and oxygen atoms in total. The van der Waals surface area contributed by atoms with Gasteiger partial charge in [-0.05, 0) is 24.3 Å². The van der Waals surface area contributed by atoms with Gasteiger partial charge in [-0.3, -0.25) is 4.79 Å². The van der Waals surface area contributed by atoms with E-state index in [-0.39, 0.29) is 5.91 Å². The van der Waals surface area contributed by atoms with Crippen molar-refractivity contribution in [1.82, 2.24) is 5.32 Å². The van der Waals surface area contributed by atoms with E-state index in [1.165, 1.54) is 24.2 Å². The van der Waals surface area contributed by atoms with Gasteiger partial charge in [-0.15, -0.1) is 11.3 Å². The average Bonchev–Trinajstić information content (AvgIpc) is 2.88. The SMILES string of the molecule is CC1(CNC(=O)c2csc(C#CCN)c2)CC1. The highest BCUT2D eigenvalue weighted by atomic mass is 32.1. The van der Waals surface area contributed by atoms with Gasteiger partial charge in [-0.2, -0.15) is 0 Å². The van der Waals surface area contributed by atoms with Gasteiger partial charge in [0.2, 0.25) is 0 Å². The minimum Gasteiger partial charge on any atom is -0.351 e. The number of rotatable bonds is 3. The molecule has 0 unspecified atom stereocenters. The first kappa shape index (κ1) is 12.2. The summed E-state index contributed by atoms with van der Waals surface area (Å²) in [6.45, 7) is 3.31. The zero-order valence-electron chi connectivity index (χ0n) is 9.88. The minimum absolute atomic E-state index is 0.00447. The van der Waals surface area contributed by atoms with Gasteiger partial charge in [-0.25, -0.2) is 0 Å². The smallest absolute Gasteiger partial charge is 0.252 e. The number of carbonyl (C=O) groups is 1. The highest BCUT2D eigenvalue weighted by molar-refractivity contribution is 7.10. The number of amides is 1. The normalized spacial score (nSPS) is 15.9. The summed E-state index contributed by atoms with van der Waals surface area (Å²) in [6, 6.07) is 1.82. The Kier molecular flexibility index (Phi) is 3.51. The summed E-state index contributed by atoms with van der Waals surface area (Å²) < 4.78 is 0. The lowest BCUT2D eigenvalue weighted by Gasteiger charge is -2.08. The fraction of sp³-hybridized carbons (Fsp3) is 0.462. The molecule has 0 bridgehead atoms. The monoisotopic (exact) mass is 248 g/mol. The van der Waals surface area contributed by atoms with Crippen molar-refractivity contribution >= 4 is 17.2 Å². The molecule has 1 heterocycles. The van der Waals surface area contributed by atoms with Crippen molar-refractivity contribution in [1.29, 1.82) is 0 Å². The number of nitrogens with two attached hydrogens (primary N) is 1. The van der Waals surface area contributed by atoms with E-state index in [9.17, 15) is 4.79 Å². The summed E-state index contributed by atoms with van der Waals surface area (Å²) in [4.78, 5) is 12.7. The van der Waals surface area contributed by atoms with Crippen LogP contribution in [0.4, 0.5) is 0 Å². The molecule has 1 aromatic heterocycles. The molecule has 4 heteroatoms. The van der Waals surface area contributed by atoms with E-state index in [1.54, 1.807) is 0 Å². The maximum Gasteiger partial charge on any atom is 0.252 e. The molecule has 0 radical (unpaired) electrons. The fourth-order valence-corrected chi connectivity index (χ4v) is 2.20. The molecule has 0 saturated heterocycles. The van der Waals surface area contributed by atoms with Crippen LogP contribution in [0.1, 0.15) is 35.0 Å². The van der Waals surface area contributed by atoms with Crippen LogP contribution in [0.25, 0.3) is 0 Å². The van der Waals surface area contributed by atoms with E-state index in [0.717, 1.165) is 11.4 Å². The molecule has 1 fully saturated rings. The molecule has 1 aromatic rings. The molecule has 1 amide bonds. The Morgan fingerprint density at radius 1 is 1.65 bits per heavy atom. The van der Waals surface area contributed by atoms with Gasteiger partial charge >= 0.3 is 0 Å². The number of thiophene rings is 1. The van der Waals surface area contributed by atoms with Gasteiger partial charge in [0.15, 0.2) is 0 Å². The molecule has 0 atom stereocenters. The van der Waals surface area contributed by atoms with Crippen molar-refractivity contribution in [2.45, 2.75) is 19.8 Å². The third kappa shape index (κ3) is 3.32. The molecule has 1 aliphatic rings. The maximum atomic E-state index is 11.8. The van der Waals surface area contributed by atoms with Crippen molar-refractivity contribution < 1.29 is 4.79 Å². The van der Waals surface area contributed by atoms with Gasteiger partial charge in [0.1, 0.15) is 0 Å². The highest BCUT2D eigenvalue weighted by Crippen LogP contribution is 2.44. The fourth-order valence-electron chi connectivity index (χ4n) is 1.44. The highest BCUT2D eigenvalue weighted by Gasteiger charge is 2.37. The Morgan fingerprint density at radius 2 is 2.41 bits per heavy atom. The second-order valence-corrected chi connectivity index (χ2v) is 5.61. The number of hydrogen-bond donors (Lipinski definition) is 2. The molecule has 0 spiro atoms. The van der Waals surface area contributed by atoms with E-state index in [1.807, 2.05) is 11.4 Å². The third-order valence-corrected chi connectivity index (χ3v) is 3.80. The molecule has 1 saturated carbocycles. The molecule has 3 N–H and O–H groups in total. The first-order chi connectivity index (χ1) is 8.13. The summed E-state index contributed by atoms with van der Waals surface area (Å²) >= 11 is 1.48. The summed E-state index contributed by atoms with van der Waals surface area (Å²) in [5.41, 5.74) is 6.33. The van der Waals surface area contributed by atoms with Gasteiger partial charge in [0.05, 0.1) is 17.0 Å². The summed E-state index contributed by atoms with van der Waals surface area (Å²) in [5.74, 6) is 5.70. The second kappa shape index (κ2) is 4.91. The van der Waals surface area contributed by atoms with E-state index >= 15 is 0 Å². The lowest BCUT2D eigenvalue weighted by Crippen LogP contribution is -2.28. The average molecular weight is 248 g/mol. The minimum atomic E-state index is -0.00447. The Morgan fingerprint density at radius 3 is 3.06 bits per heavy atom. The van der Waals surface area contributed by atoms with Crippen molar-refractivity contribution in [3.8, 4) is 11.8 Å². The summed E-state index contributed by atoms with van der Waals surface area (Å²) in [7, 11) is 0. The summed E-state index contributed by atoms with van der Waals surface area (Å²) in [6.07, 6.45) is 2.42. The van der Waals surface area contributed by atoms with Gasteiger partial charge in [0, 0.05) is 11.9 Å². The van der Waals surface area contributed by atoms with Crippen molar-refractivity contribution in [2.75, 3.05) is 13.1 Å². The van der Waals surface area contributed by atoms with E-state index in [4.69, 9.17) is 5.73 Å². The Hall–Kier alpha value is -1.31. The van der Waals surface area contributed by atoms with Crippen molar-refractivity contribution in [3.05, 3.63) is 21.9 Å². The number of nitrogens with one attached hydrogen (secondary N) is 1. The van der Waals surface area contributed by atoms with Crippen LogP contribution in [-0.4, -0.2) is 19.0 Å². The molecular weight excluding hydrogens is 232 g/mol. The van der Waals surface area contributed by atoms with Crippen LogP contribution in [0.3, 0.4) is 0 Å². The van der Waals surface area contributed by atoms with Crippen LogP contribution in [-0.2, 0) is 0 Å². The zero-order valence-corrected chi connectivity index (χ0v) is 10.7. The van der Waals surface area contributed by atoms with Crippen LogP contribution < -0.4 is 11.1 Å². The number of hydrogen-bond acceptors (Lipinski definition) is 3. The van der Waals surface area contributed by atoms with Crippen LogP contribution in [0.15, 0.2) is 11.4 Å². The van der Waals surface area contributed by atoms with Crippen molar-refractivity contribution in [3.63, 3.8) is 0 Å². The van der Waals surface area contributed by atoms with E-state index in [2.05, 4.69) is 24.1 Å². The first-order valence-electron chi connectivity index (χ1n) is 5.69. The van der Waals surface area contributed by atoms with E-state index < -0.39 is 0 Å². The van der Waals surface area contributed by atoms with Crippen LogP contribution in [0.2, 0.25) is 0 Å². The molecular formula is C13H16N2OS. The zero-order chi connectivity index (χ0) is 12.3. The largest absolute Gasteiger partial charge is 0.351 e. The molecule has 0 aromatic carbocycles. The quantitative estimate of drug-likeness (QED) is 0.798. The Bertz CT molecular complexity index is 477. The lowest BCUT2D eigenvalue weighted by atomic mass is 10.1. The number of carbonyl (C=O) groups excluding carboxylic acids is 1. The van der Waals surface area contributed by atoms with Gasteiger partial charge in [0.25, 0.3) is 5.91 Å². The topological polar surface area (TPSA) is 55.1 Å². The summed E-state index contributed by atoms with van der Waals surface area (Å²) in [5, 5.41) is 4.80. The first-order valence-corrected chi connectivity index (χ1v) is 6.57. The molecule has 1 aliphatic carbocycles. The lowest BCUT2D eigenvalue weighted by molar-refractivity contribution is 0.0946. The predicted molar refractivity (Wildman–Crippen MR) is 69.9 cm³/mol. The molecule has 2 rings (SSSR count). The molecule has 90 valence electrons. The molecule has 17 heavy (non-hydrogen) atoms. The Balaban J connectivity index is 1.92. The van der Waals surface area contributed by atoms with E-state index in [0.29, 0.717) is 17.5 Å². The Labute approximate surface area is 105 Å².